The molecule has 7 nitrogen and oxygen atoms in total. The number of hydrogen-bond acceptors (Lipinski definition) is 5. The van der Waals surface area contributed by atoms with Gasteiger partial charge in [-0.3, -0.25) is 14.5 Å². The molecule has 0 aliphatic carbocycles. The summed E-state index contributed by atoms with van der Waals surface area (Å²) in [4.78, 5) is 25.0. The zero-order valence-corrected chi connectivity index (χ0v) is 11.8. The van der Waals surface area contributed by atoms with Gasteiger partial charge in [-0.2, -0.15) is 0 Å². The largest absolute Gasteiger partial charge is 0.360 e. The highest BCUT2D eigenvalue weighted by Gasteiger charge is 2.22. The molecule has 0 bridgehead atoms. The number of aromatic nitrogens is 1. The van der Waals surface area contributed by atoms with E-state index in [0.717, 1.165) is 19.4 Å². The van der Waals surface area contributed by atoms with Crippen LogP contribution in [0.3, 0.4) is 0 Å². The fraction of sp³-hybridized carbons (Fsp3) is 0.615. The Bertz CT molecular complexity index is 486. The number of nitrogens with zero attached hydrogens (tertiary/aromatic N) is 2. The maximum Gasteiger partial charge on any atom is 0.239 e. The Labute approximate surface area is 117 Å². The van der Waals surface area contributed by atoms with Crippen molar-refractivity contribution in [3.63, 3.8) is 0 Å². The molecule has 1 aliphatic heterocycles. The Balaban J connectivity index is 1.80. The minimum atomic E-state index is -0.123. The van der Waals surface area contributed by atoms with Crippen LogP contribution < -0.4 is 10.6 Å². The molecule has 0 aromatic carbocycles. The summed E-state index contributed by atoms with van der Waals surface area (Å²) in [5.74, 6) is 0.938. The SMILES string of the molecule is CC(=O)NC1CCCN(CC(=O)Nc2cc(C)on2)C1. The smallest absolute Gasteiger partial charge is 0.239 e. The van der Waals surface area contributed by atoms with Crippen LogP contribution in [0, 0.1) is 6.92 Å². The summed E-state index contributed by atoms with van der Waals surface area (Å²) in [7, 11) is 0. The lowest BCUT2D eigenvalue weighted by Crippen LogP contribution is -2.49. The third-order valence-electron chi connectivity index (χ3n) is 3.18. The van der Waals surface area contributed by atoms with Crippen LogP contribution >= 0.6 is 0 Å². The van der Waals surface area contributed by atoms with Gasteiger partial charge in [0.25, 0.3) is 0 Å². The van der Waals surface area contributed by atoms with Crippen LogP contribution in [-0.4, -0.2) is 47.5 Å². The quantitative estimate of drug-likeness (QED) is 0.839. The molecule has 1 aromatic rings. The molecule has 0 radical (unpaired) electrons. The number of aryl methyl sites for hydroxylation is 1. The van der Waals surface area contributed by atoms with Gasteiger partial charge < -0.3 is 15.2 Å². The molecule has 1 unspecified atom stereocenters. The van der Waals surface area contributed by atoms with Gasteiger partial charge >= 0.3 is 0 Å². The Kier molecular flexibility index (Phi) is 4.73. The maximum atomic E-state index is 11.9. The number of rotatable bonds is 4. The van der Waals surface area contributed by atoms with Gasteiger partial charge in [-0.05, 0) is 26.3 Å². The monoisotopic (exact) mass is 280 g/mol. The Morgan fingerprint density at radius 2 is 2.35 bits per heavy atom. The van der Waals surface area contributed by atoms with Gasteiger partial charge in [0.05, 0.1) is 6.54 Å². The van der Waals surface area contributed by atoms with Crippen molar-refractivity contribution in [1.29, 1.82) is 0 Å². The molecule has 1 fully saturated rings. The maximum absolute atomic E-state index is 11.9. The number of carbonyl (C=O) groups excluding carboxylic acids is 2. The second kappa shape index (κ2) is 6.51. The van der Waals surface area contributed by atoms with Gasteiger partial charge in [-0.25, -0.2) is 0 Å². The highest BCUT2D eigenvalue weighted by Crippen LogP contribution is 2.11. The molecule has 2 amide bonds. The van der Waals surface area contributed by atoms with E-state index in [1.54, 1.807) is 13.0 Å². The zero-order valence-electron chi connectivity index (χ0n) is 11.8. The van der Waals surface area contributed by atoms with Crippen molar-refractivity contribution in [2.24, 2.45) is 0 Å². The van der Waals surface area contributed by atoms with Crippen LogP contribution in [0.4, 0.5) is 5.82 Å². The van der Waals surface area contributed by atoms with E-state index < -0.39 is 0 Å². The Morgan fingerprint density at radius 3 is 3.00 bits per heavy atom. The molecule has 1 saturated heterocycles. The van der Waals surface area contributed by atoms with E-state index in [1.807, 2.05) is 4.90 Å². The summed E-state index contributed by atoms with van der Waals surface area (Å²) in [6.45, 7) is 5.14. The first-order valence-corrected chi connectivity index (χ1v) is 6.75. The summed E-state index contributed by atoms with van der Waals surface area (Å²) >= 11 is 0. The van der Waals surface area contributed by atoms with Crippen LogP contribution in [-0.2, 0) is 9.59 Å². The molecular weight excluding hydrogens is 260 g/mol. The molecule has 0 saturated carbocycles. The summed E-state index contributed by atoms with van der Waals surface area (Å²) in [6.07, 6.45) is 1.93. The van der Waals surface area contributed by atoms with Crippen molar-refractivity contribution in [1.82, 2.24) is 15.4 Å². The second-order valence-electron chi connectivity index (χ2n) is 5.15. The van der Waals surface area contributed by atoms with E-state index in [-0.39, 0.29) is 17.9 Å². The topological polar surface area (TPSA) is 87.5 Å². The summed E-state index contributed by atoms with van der Waals surface area (Å²) in [5.41, 5.74) is 0. The summed E-state index contributed by atoms with van der Waals surface area (Å²) in [6, 6.07) is 1.80. The average Bonchev–Trinajstić information content (AvgIpc) is 2.74. The molecule has 0 spiro atoms. The molecule has 1 atom stereocenters. The number of nitrogens with one attached hydrogen (secondary N) is 2. The van der Waals surface area contributed by atoms with Crippen molar-refractivity contribution < 1.29 is 14.1 Å². The molecule has 1 aromatic heterocycles. The third kappa shape index (κ3) is 4.34. The number of likely N-dealkylation sites (tertiary alicyclic amines) is 1. The van der Waals surface area contributed by atoms with Crippen molar-refractivity contribution >= 4 is 17.6 Å². The molecule has 20 heavy (non-hydrogen) atoms. The van der Waals surface area contributed by atoms with Crippen LogP contribution in [0.1, 0.15) is 25.5 Å². The van der Waals surface area contributed by atoms with Crippen molar-refractivity contribution in [2.45, 2.75) is 32.7 Å². The first kappa shape index (κ1) is 14.5. The van der Waals surface area contributed by atoms with Gasteiger partial charge in [-0.1, -0.05) is 5.16 Å². The highest BCUT2D eigenvalue weighted by molar-refractivity contribution is 5.91. The molecular formula is C13H20N4O3. The molecule has 2 rings (SSSR count). The van der Waals surface area contributed by atoms with Crippen LogP contribution in [0.25, 0.3) is 0 Å². The third-order valence-corrected chi connectivity index (χ3v) is 3.18. The van der Waals surface area contributed by atoms with Crippen LogP contribution in [0.15, 0.2) is 10.6 Å². The summed E-state index contributed by atoms with van der Waals surface area (Å²) in [5, 5.41) is 9.31. The summed E-state index contributed by atoms with van der Waals surface area (Å²) < 4.78 is 4.89. The van der Waals surface area contributed by atoms with E-state index in [2.05, 4.69) is 15.8 Å². The Morgan fingerprint density at radius 1 is 1.55 bits per heavy atom. The van der Waals surface area contributed by atoms with Gasteiger partial charge in [0.15, 0.2) is 5.82 Å². The van der Waals surface area contributed by atoms with E-state index >= 15 is 0 Å². The first-order chi connectivity index (χ1) is 9.52. The lowest BCUT2D eigenvalue weighted by Gasteiger charge is -2.32. The van der Waals surface area contributed by atoms with Gasteiger partial charge in [0.1, 0.15) is 5.76 Å². The molecule has 110 valence electrons. The normalized spacial score (nSPS) is 19.6. The fourth-order valence-electron chi connectivity index (χ4n) is 2.42. The number of hydrogen-bond donors (Lipinski definition) is 2. The standard InChI is InChI=1S/C13H20N4O3/c1-9-6-12(16-20-9)15-13(19)8-17-5-3-4-11(7-17)14-10(2)18/h6,11H,3-5,7-8H2,1-2H3,(H,14,18)(H,15,16,19). The van der Waals surface area contributed by atoms with Crippen molar-refractivity contribution in [3.05, 3.63) is 11.8 Å². The molecule has 1 aliphatic rings. The minimum Gasteiger partial charge on any atom is -0.360 e. The molecule has 2 heterocycles. The molecule has 2 N–H and O–H groups in total. The van der Waals surface area contributed by atoms with Crippen molar-refractivity contribution in [3.8, 4) is 0 Å². The highest BCUT2D eigenvalue weighted by atomic mass is 16.5. The van der Waals surface area contributed by atoms with Gasteiger partial charge in [0, 0.05) is 25.6 Å². The zero-order chi connectivity index (χ0) is 14.5. The number of anilines is 1. The first-order valence-electron chi connectivity index (χ1n) is 6.75. The number of piperidine rings is 1. The second-order valence-corrected chi connectivity index (χ2v) is 5.15. The van der Waals surface area contributed by atoms with Gasteiger partial charge in [0.2, 0.25) is 11.8 Å². The van der Waals surface area contributed by atoms with Gasteiger partial charge in [-0.15, -0.1) is 0 Å². The van der Waals surface area contributed by atoms with Crippen LogP contribution in [0.5, 0.6) is 0 Å². The molecule has 7 heteroatoms. The van der Waals surface area contributed by atoms with E-state index in [9.17, 15) is 9.59 Å². The van der Waals surface area contributed by atoms with E-state index in [4.69, 9.17) is 4.52 Å². The number of carbonyl (C=O) groups is 2. The Hall–Kier alpha value is -1.89. The van der Waals surface area contributed by atoms with Crippen molar-refractivity contribution in [2.75, 3.05) is 25.0 Å². The predicted molar refractivity (Wildman–Crippen MR) is 73.1 cm³/mol. The van der Waals surface area contributed by atoms with Crippen LogP contribution in [0.2, 0.25) is 0 Å². The van der Waals surface area contributed by atoms with E-state index in [0.29, 0.717) is 24.7 Å². The predicted octanol–water partition coefficient (Wildman–Crippen LogP) is 0.522. The lowest BCUT2D eigenvalue weighted by molar-refractivity contribution is -0.120. The number of amides is 2. The fourth-order valence-corrected chi connectivity index (χ4v) is 2.42. The lowest BCUT2D eigenvalue weighted by atomic mass is 10.1. The average molecular weight is 280 g/mol. The minimum absolute atomic E-state index is 0.0284. The van der Waals surface area contributed by atoms with E-state index in [1.165, 1.54) is 6.92 Å².